The number of pyridine rings is 1. The van der Waals surface area contributed by atoms with E-state index < -0.39 is 0 Å². The summed E-state index contributed by atoms with van der Waals surface area (Å²) in [5.41, 5.74) is 10.2. The van der Waals surface area contributed by atoms with Crippen LogP contribution >= 0.6 is 0 Å². The van der Waals surface area contributed by atoms with Crippen molar-refractivity contribution in [3.63, 3.8) is 0 Å². The Kier molecular flexibility index (Phi) is 3.76. The van der Waals surface area contributed by atoms with Crippen molar-refractivity contribution in [3.8, 4) is 11.1 Å². The zero-order valence-electron chi connectivity index (χ0n) is 10.2. The third kappa shape index (κ3) is 2.84. The second-order valence-corrected chi connectivity index (χ2v) is 4.26. The van der Waals surface area contributed by atoms with Gasteiger partial charge in [-0.1, -0.05) is 37.6 Å². The maximum absolute atomic E-state index is 5.91. The first-order valence-electron chi connectivity index (χ1n) is 6.10. The Balaban J connectivity index is 2.21. The van der Waals surface area contributed by atoms with Crippen LogP contribution in [-0.2, 0) is 6.42 Å². The summed E-state index contributed by atoms with van der Waals surface area (Å²) in [4.78, 5) is 4.00. The van der Waals surface area contributed by atoms with Crippen LogP contribution in [0.15, 0.2) is 42.7 Å². The van der Waals surface area contributed by atoms with Crippen LogP contribution in [0.25, 0.3) is 11.1 Å². The maximum atomic E-state index is 5.91. The third-order valence-corrected chi connectivity index (χ3v) is 2.94. The molecule has 17 heavy (non-hydrogen) atoms. The maximum Gasteiger partial charge on any atom is 0.0580 e. The summed E-state index contributed by atoms with van der Waals surface area (Å²) >= 11 is 0. The first-order valence-corrected chi connectivity index (χ1v) is 6.10. The van der Waals surface area contributed by atoms with Crippen LogP contribution in [-0.4, -0.2) is 4.98 Å². The summed E-state index contributed by atoms with van der Waals surface area (Å²) < 4.78 is 0. The van der Waals surface area contributed by atoms with Crippen LogP contribution in [0.5, 0.6) is 0 Å². The molecule has 0 aliphatic heterocycles. The van der Waals surface area contributed by atoms with Crippen LogP contribution in [0.2, 0.25) is 0 Å². The summed E-state index contributed by atoms with van der Waals surface area (Å²) in [6.07, 6.45) is 7.11. The van der Waals surface area contributed by atoms with Crippen LogP contribution in [0.1, 0.15) is 25.3 Å². The SMILES string of the molecule is CCCCc1ccc(-c2ccncc2N)cc1. The van der Waals surface area contributed by atoms with Gasteiger partial charge in [0.1, 0.15) is 0 Å². The Labute approximate surface area is 103 Å². The lowest BCUT2D eigenvalue weighted by molar-refractivity contribution is 0.795. The zero-order valence-corrected chi connectivity index (χ0v) is 10.2. The standard InChI is InChI=1S/C15H18N2/c1-2-3-4-12-5-7-13(8-6-12)14-9-10-17-11-15(14)16/h5-11H,2-4,16H2,1H3. The molecule has 0 aliphatic carbocycles. The summed E-state index contributed by atoms with van der Waals surface area (Å²) in [5.74, 6) is 0. The van der Waals surface area contributed by atoms with E-state index in [1.807, 2.05) is 6.07 Å². The number of anilines is 1. The van der Waals surface area contributed by atoms with Gasteiger partial charge in [-0.15, -0.1) is 0 Å². The number of aryl methyl sites for hydroxylation is 1. The molecule has 0 radical (unpaired) electrons. The van der Waals surface area contributed by atoms with Crippen molar-refractivity contribution in [2.45, 2.75) is 26.2 Å². The first kappa shape index (κ1) is 11.6. The quantitative estimate of drug-likeness (QED) is 0.863. The highest BCUT2D eigenvalue weighted by atomic mass is 14.7. The molecule has 0 aliphatic rings. The van der Waals surface area contributed by atoms with E-state index in [1.54, 1.807) is 12.4 Å². The fraction of sp³-hybridized carbons (Fsp3) is 0.267. The molecule has 2 nitrogen and oxygen atoms in total. The van der Waals surface area contributed by atoms with E-state index >= 15 is 0 Å². The Hall–Kier alpha value is -1.83. The van der Waals surface area contributed by atoms with Crippen molar-refractivity contribution in [2.75, 3.05) is 5.73 Å². The van der Waals surface area contributed by atoms with Gasteiger partial charge in [0, 0.05) is 11.8 Å². The molecule has 1 heterocycles. The van der Waals surface area contributed by atoms with E-state index in [1.165, 1.54) is 18.4 Å². The lowest BCUT2D eigenvalue weighted by atomic mass is 10.0. The lowest BCUT2D eigenvalue weighted by Gasteiger charge is -2.06. The highest BCUT2D eigenvalue weighted by molar-refractivity contribution is 5.75. The van der Waals surface area contributed by atoms with E-state index in [0.717, 1.165) is 23.2 Å². The van der Waals surface area contributed by atoms with Crippen molar-refractivity contribution < 1.29 is 0 Å². The fourth-order valence-corrected chi connectivity index (χ4v) is 1.90. The molecule has 1 aromatic carbocycles. The van der Waals surface area contributed by atoms with Crippen LogP contribution in [0.3, 0.4) is 0 Å². The number of aromatic nitrogens is 1. The molecule has 2 aromatic rings. The average Bonchev–Trinajstić information content (AvgIpc) is 2.38. The Morgan fingerprint density at radius 2 is 1.88 bits per heavy atom. The van der Waals surface area contributed by atoms with Gasteiger partial charge in [0.15, 0.2) is 0 Å². The molecule has 1 aromatic heterocycles. The Bertz CT molecular complexity index is 475. The van der Waals surface area contributed by atoms with Gasteiger partial charge in [0.2, 0.25) is 0 Å². The van der Waals surface area contributed by atoms with Gasteiger partial charge in [-0.05, 0) is 30.0 Å². The van der Waals surface area contributed by atoms with E-state index in [-0.39, 0.29) is 0 Å². The summed E-state index contributed by atoms with van der Waals surface area (Å²) in [7, 11) is 0. The van der Waals surface area contributed by atoms with E-state index in [9.17, 15) is 0 Å². The summed E-state index contributed by atoms with van der Waals surface area (Å²) in [5, 5.41) is 0. The van der Waals surface area contributed by atoms with Gasteiger partial charge in [0.05, 0.1) is 11.9 Å². The largest absolute Gasteiger partial charge is 0.397 e. The van der Waals surface area contributed by atoms with Crippen LogP contribution in [0, 0.1) is 0 Å². The minimum Gasteiger partial charge on any atom is -0.397 e. The second kappa shape index (κ2) is 5.48. The molecular formula is C15H18N2. The first-order chi connectivity index (χ1) is 8.31. The predicted octanol–water partition coefficient (Wildman–Crippen LogP) is 3.67. The summed E-state index contributed by atoms with van der Waals surface area (Å²) in [6.45, 7) is 2.21. The molecule has 0 saturated carbocycles. The minimum absolute atomic E-state index is 0.730. The molecule has 2 rings (SSSR count). The third-order valence-electron chi connectivity index (χ3n) is 2.94. The molecule has 0 saturated heterocycles. The molecule has 0 amide bonds. The number of rotatable bonds is 4. The molecule has 0 bridgehead atoms. The number of nitrogen functional groups attached to an aromatic ring is 1. The second-order valence-electron chi connectivity index (χ2n) is 4.26. The molecule has 0 spiro atoms. The van der Waals surface area contributed by atoms with Crippen molar-refractivity contribution >= 4 is 5.69 Å². The molecular weight excluding hydrogens is 208 g/mol. The lowest BCUT2D eigenvalue weighted by Crippen LogP contribution is -1.91. The molecule has 2 N–H and O–H groups in total. The number of nitrogens with zero attached hydrogens (tertiary/aromatic N) is 1. The molecule has 88 valence electrons. The minimum atomic E-state index is 0.730. The topological polar surface area (TPSA) is 38.9 Å². The van der Waals surface area contributed by atoms with Crippen molar-refractivity contribution in [3.05, 3.63) is 48.3 Å². The van der Waals surface area contributed by atoms with Gasteiger partial charge in [0.25, 0.3) is 0 Å². The molecule has 2 heteroatoms. The van der Waals surface area contributed by atoms with E-state index in [0.29, 0.717) is 0 Å². The van der Waals surface area contributed by atoms with Gasteiger partial charge in [-0.25, -0.2) is 0 Å². The Morgan fingerprint density at radius 1 is 1.12 bits per heavy atom. The highest BCUT2D eigenvalue weighted by Gasteiger charge is 2.01. The summed E-state index contributed by atoms with van der Waals surface area (Å²) in [6, 6.07) is 10.6. The smallest absolute Gasteiger partial charge is 0.0580 e. The number of hydrogen-bond donors (Lipinski definition) is 1. The average molecular weight is 226 g/mol. The van der Waals surface area contributed by atoms with Gasteiger partial charge < -0.3 is 5.73 Å². The number of unbranched alkanes of at least 4 members (excludes halogenated alkanes) is 1. The number of nitrogens with two attached hydrogens (primary N) is 1. The van der Waals surface area contributed by atoms with Gasteiger partial charge in [-0.2, -0.15) is 0 Å². The fourth-order valence-electron chi connectivity index (χ4n) is 1.90. The zero-order chi connectivity index (χ0) is 12.1. The predicted molar refractivity (Wildman–Crippen MR) is 72.7 cm³/mol. The molecule has 0 fully saturated rings. The van der Waals surface area contributed by atoms with Crippen molar-refractivity contribution in [1.29, 1.82) is 0 Å². The van der Waals surface area contributed by atoms with E-state index in [2.05, 4.69) is 36.2 Å². The molecule has 0 atom stereocenters. The van der Waals surface area contributed by atoms with Crippen molar-refractivity contribution in [2.24, 2.45) is 0 Å². The van der Waals surface area contributed by atoms with Crippen molar-refractivity contribution in [1.82, 2.24) is 4.98 Å². The van der Waals surface area contributed by atoms with Crippen LogP contribution in [0.4, 0.5) is 5.69 Å². The normalized spacial score (nSPS) is 10.4. The monoisotopic (exact) mass is 226 g/mol. The van der Waals surface area contributed by atoms with Gasteiger partial charge >= 0.3 is 0 Å². The van der Waals surface area contributed by atoms with Crippen LogP contribution < -0.4 is 5.73 Å². The number of hydrogen-bond acceptors (Lipinski definition) is 2. The molecule has 0 unspecified atom stereocenters. The van der Waals surface area contributed by atoms with Gasteiger partial charge in [-0.3, -0.25) is 4.98 Å². The highest BCUT2D eigenvalue weighted by Crippen LogP contribution is 2.24. The Morgan fingerprint density at radius 3 is 2.53 bits per heavy atom. The van der Waals surface area contributed by atoms with E-state index in [4.69, 9.17) is 5.73 Å². The number of benzene rings is 1.